The van der Waals surface area contributed by atoms with Gasteiger partial charge in [0.1, 0.15) is 17.7 Å². The highest BCUT2D eigenvalue weighted by Crippen LogP contribution is 2.42. The predicted octanol–water partition coefficient (Wildman–Crippen LogP) is 1.39. The molecule has 1 aromatic carbocycles. The fraction of sp³-hybridized carbons (Fsp3) is 0.529. The van der Waals surface area contributed by atoms with Crippen LogP contribution in [0.4, 0.5) is 9.59 Å². The summed E-state index contributed by atoms with van der Waals surface area (Å²) in [6.07, 6.45) is -0.385. The van der Waals surface area contributed by atoms with E-state index in [9.17, 15) is 9.59 Å². The molecule has 8 nitrogen and oxygen atoms in total. The van der Waals surface area contributed by atoms with Crippen molar-refractivity contribution in [3.05, 3.63) is 23.8 Å². The minimum atomic E-state index is -0.385. The van der Waals surface area contributed by atoms with Crippen molar-refractivity contribution in [1.82, 2.24) is 20.4 Å². The zero-order chi connectivity index (χ0) is 18.3. The lowest BCUT2D eigenvalue weighted by Gasteiger charge is -2.52. The van der Waals surface area contributed by atoms with Gasteiger partial charge in [-0.15, -0.1) is 0 Å². The third-order valence-corrected chi connectivity index (χ3v) is 5.16. The summed E-state index contributed by atoms with van der Waals surface area (Å²) >= 11 is 0. The lowest BCUT2D eigenvalue weighted by Crippen LogP contribution is -2.71. The molecule has 2 heterocycles. The lowest BCUT2D eigenvalue weighted by molar-refractivity contribution is 0.0241. The first kappa shape index (κ1) is 17.2. The average Bonchev–Trinajstić information content (AvgIpc) is 2.61. The van der Waals surface area contributed by atoms with Crippen LogP contribution in [-0.4, -0.2) is 62.4 Å². The van der Waals surface area contributed by atoms with Gasteiger partial charge in [-0.25, -0.2) is 9.59 Å². The molecule has 2 N–H and O–H groups in total. The van der Waals surface area contributed by atoms with Gasteiger partial charge in [0.25, 0.3) is 0 Å². The largest absolute Gasteiger partial charge is 0.497 e. The Morgan fingerprint density at radius 3 is 2.32 bits per heavy atom. The van der Waals surface area contributed by atoms with Crippen molar-refractivity contribution in [2.24, 2.45) is 5.92 Å². The number of nitrogens with one attached hydrogen (secondary N) is 2. The number of ether oxygens (including phenoxy) is 2. The van der Waals surface area contributed by atoms with E-state index in [2.05, 4.69) is 10.6 Å². The molecule has 0 aromatic heterocycles. The minimum absolute atomic E-state index is 0.0484. The molecule has 3 rings (SSSR count). The highest BCUT2D eigenvalue weighted by Gasteiger charge is 2.50. The molecular weight excluding hydrogens is 324 g/mol. The SMILES string of the molecule is COc1ccc([C@H]2[C@@H]3[C@H](C)NC(=O)N(C)[C@@H]3NC(=O)N2C)c(OC)c1. The highest BCUT2D eigenvalue weighted by atomic mass is 16.5. The molecule has 0 radical (unpaired) electrons. The van der Waals surface area contributed by atoms with E-state index in [1.54, 1.807) is 44.2 Å². The van der Waals surface area contributed by atoms with Crippen molar-refractivity contribution >= 4 is 12.1 Å². The Labute approximate surface area is 147 Å². The summed E-state index contributed by atoms with van der Waals surface area (Å²) in [7, 11) is 6.63. The maximum Gasteiger partial charge on any atom is 0.319 e. The van der Waals surface area contributed by atoms with E-state index < -0.39 is 0 Å². The van der Waals surface area contributed by atoms with Gasteiger partial charge in [0, 0.05) is 37.7 Å². The molecule has 1 aromatic rings. The maximum atomic E-state index is 12.5. The summed E-state index contributed by atoms with van der Waals surface area (Å²) in [6.45, 7) is 1.96. The quantitative estimate of drug-likeness (QED) is 0.865. The van der Waals surface area contributed by atoms with E-state index in [1.165, 1.54) is 0 Å². The van der Waals surface area contributed by atoms with E-state index >= 15 is 0 Å². The Morgan fingerprint density at radius 1 is 1.00 bits per heavy atom. The molecule has 136 valence electrons. The molecule has 0 spiro atoms. The molecule has 2 fully saturated rings. The normalized spacial score (nSPS) is 28.8. The second-order valence-electron chi connectivity index (χ2n) is 6.48. The zero-order valence-electron chi connectivity index (χ0n) is 15.1. The number of fused-ring (bicyclic) bond motifs is 1. The van der Waals surface area contributed by atoms with Gasteiger partial charge in [-0.2, -0.15) is 0 Å². The molecule has 4 amide bonds. The summed E-state index contributed by atoms with van der Waals surface area (Å²) in [6, 6.07) is 4.78. The van der Waals surface area contributed by atoms with Crippen molar-refractivity contribution in [2.45, 2.75) is 25.2 Å². The van der Waals surface area contributed by atoms with Crippen molar-refractivity contribution in [2.75, 3.05) is 28.3 Å². The van der Waals surface area contributed by atoms with Crippen molar-refractivity contribution < 1.29 is 19.1 Å². The van der Waals surface area contributed by atoms with Crippen LogP contribution in [-0.2, 0) is 0 Å². The molecule has 0 bridgehead atoms. The second-order valence-corrected chi connectivity index (χ2v) is 6.48. The number of carbonyl (C=O) groups is 2. The van der Waals surface area contributed by atoms with Gasteiger partial charge in [0.2, 0.25) is 0 Å². The molecule has 8 heteroatoms. The summed E-state index contributed by atoms with van der Waals surface area (Å²) in [4.78, 5) is 27.8. The van der Waals surface area contributed by atoms with Gasteiger partial charge < -0.3 is 29.9 Å². The van der Waals surface area contributed by atoms with E-state index in [0.29, 0.717) is 11.5 Å². The standard InChI is InChI=1S/C17H24N4O4/c1-9-13-14(11-7-6-10(24-4)8-12(11)25-5)20(2)17(23)19-15(13)21(3)16(22)18-9/h6-9,13-15H,1-5H3,(H,18,22)(H,19,23)/t9-,13-,14-,15-/m0/s1. The number of nitrogens with zero attached hydrogens (tertiary/aromatic N) is 2. The van der Waals surface area contributed by atoms with Crippen LogP contribution in [0.25, 0.3) is 0 Å². The first-order chi connectivity index (χ1) is 11.9. The third kappa shape index (κ3) is 2.71. The van der Waals surface area contributed by atoms with Gasteiger partial charge in [0.15, 0.2) is 0 Å². The Morgan fingerprint density at radius 2 is 1.68 bits per heavy atom. The van der Waals surface area contributed by atoms with Crippen LogP contribution in [0.15, 0.2) is 18.2 Å². The molecule has 2 aliphatic rings. The van der Waals surface area contributed by atoms with Crippen LogP contribution in [0.2, 0.25) is 0 Å². The summed E-state index contributed by atoms with van der Waals surface area (Å²) < 4.78 is 10.8. The Balaban J connectivity index is 2.09. The van der Waals surface area contributed by atoms with Crippen LogP contribution >= 0.6 is 0 Å². The van der Waals surface area contributed by atoms with Gasteiger partial charge in [-0.3, -0.25) is 0 Å². The van der Waals surface area contributed by atoms with Crippen LogP contribution in [0.3, 0.4) is 0 Å². The zero-order valence-corrected chi connectivity index (χ0v) is 15.1. The fourth-order valence-corrected chi connectivity index (χ4v) is 3.78. The smallest absolute Gasteiger partial charge is 0.319 e. The number of hydrogen-bond acceptors (Lipinski definition) is 4. The number of methoxy groups -OCH3 is 2. The Hall–Kier alpha value is -2.64. The molecule has 0 unspecified atom stereocenters. The van der Waals surface area contributed by atoms with E-state index in [0.717, 1.165) is 5.56 Å². The highest BCUT2D eigenvalue weighted by molar-refractivity contribution is 5.80. The molecule has 2 saturated heterocycles. The van der Waals surface area contributed by atoms with Gasteiger partial charge >= 0.3 is 12.1 Å². The number of hydrogen-bond donors (Lipinski definition) is 2. The number of carbonyl (C=O) groups excluding carboxylic acids is 2. The molecule has 2 aliphatic heterocycles. The lowest BCUT2D eigenvalue weighted by atomic mass is 9.81. The number of urea groups is 2. The summed E-state index contributed by atoms with van der Waals surface area (Å²) in [5.74, 6) is 1.28. The predicted molar refractivity (Wildman–Crippen MR) is 91.6 cm³/mol. The topological polar surface area (TPSA) is 83.1 Å². The van der Waals surface area contributed by atoms with E-state index in [1.807, 2.05) is 19.1 Å². The molecule has 0 saturated carbocycles. The Bertz CT molecular complexity index is 695. The first-order valence-electron chi connectivity index (χ1n) is 8.17. The van der Waals surface area contributed by atoms with Gasteiger partial charge in [-0.1, -0.05) is 0 Å². The van der Waals surface area contributed by atoms with Crippen LogP contribution in [0.5, 0.6) is 11.5 Å². The Kier molecular flexibility index (Phi) is 4.36. The van der Waals surface area contributed by atoms with Crippen molar-refractivity contribution in [3.63, 3.8) is 0 Å². The van der Waals surface area contributed by atoms with E-state index in [4.69, 9.17) is 9.47 Å². The first-order valence-corrected chi connectivity index (χ1v) is 8.17. The monoisotopic (exact) mass is 348 g/mol. The summed E-state index contributed by atoms with van der Waals surface area (Å²) in [5.41, 5.74) is 0.882. The van der Waals surface area contributed by atoms with Gasteiger partial charge in [0.05, 0.1) is 20.3 Å². The van der Waals surface area contributed by atoms with Crippen LogP contribution < -0.4 is 20.1 Å². The second kappa shape index (κ2) is 6.34. The van der Waals surface area contributed by atoms with E-state index in [-0.39, 0.29) is 36.2 Å². The maximum absolute atomic E-state index is 12.5. The summed E-state index contributed by atoms with van der Waals surface area (Å²) in [5, 5.41) is 5.89. The molecule has 4 atom stereocenters. The van der Waals surface area contributed by atoms with Crippen molar-refractivity contribution in [3.8, 4) is 11.5 Å². The van der Waals surface area contributed by atoms with Gasteiger partial charge in [-0.05, 0) is 19.1 Å². The number of amides is 4. The number of benzene rings is 1. The van der Waals surface area contributed by atoms with Crippen LogP contribution in [0.1, 0.15) is 18.5 Å². The number of rotatable bonds is 3. The van der Waals surface area contributed by atoms with Crippen LogP contribution in [0, 0.1) is 5.92 Å². The third-order valence-electron chi connectivity index (χ3n) is 5.16. The average molecular weight is 348 g/mol. The minimum Gasteiger partial charge on any atom is -0.497 e. The molecule has 0 aliphatic carbocycles. The molecule has 25 heavy (non-hydrogen) atoms. The fourth-order valence-electron chi connectivity index (χ4n) is 3.78. The van der Waals surface area contributed by atoms with Crippen molar-refractivity contribution in [1.29, 1.82) is 0 Å². The molecular formula is C17H24N4O4.